The summed E-state index contributed by atoms with van der Waals surface area (Å²) < 4.78 is 6.56. The van der Waals surface area contributed by atoms with Crippen LogP contribution in [0.25, 0.3) is 5.69 Å². The largest absolute Gasteiger partial charge is 0.466 e. The SMILES string of the molecule is CCOC(=O)C1CCCN(C(=O)c2c3c(cn(-c4ccccc4)c2=O)C(=O)CC(C)(C)C3)C1. The minimum Gasteiger partial charge on any atom is -0.466 e. The van der Waals surface area contributed by atoms with E-state index in [2.05, 4.69) is 0 Å². The van der Waals surface area contributed by atoms with Gasteiger partial charge in [-0.15, -0.1) is 0 Å². The Hall–Kier alpha value is -3.22. The number of carbonyl (C=O) groups is 3. The third-order valence-corrected chi connectivity index (χ3v) is 6.49. The van der Waals surface area contributed by atoms with E-state index in [1.807, 2.05) is 32.0 Å². The van der Waals surface area contributed by atoms with Gasteiger partial charge < -0.3 is 9.64 Å². The fraction of sp³-hybridized carbons (Fsp3) is 0.462. The summed E-state index contributed by atoms with van der Waals surface area (Å²) in [6, 6.07) is 9.01. The number of nitrogens with zero attached hydrogens (tertiary/aromatic N) is 2. The molecule has 1 saturated heterocycles. The molecule has 1 aliphatic carbocycles. The smallest absolute Gasteiger partial charge is 0.310 e. The van der Waals surface area contributed by atoms with E-state index in [-0.39, 0.29) is 35.9 Å². The van der Waals surface area contributed by atoms with Crippen LogP contribution in [0.2, 0.25) is 0 Å². The first-order chi connectivity index (χ1) is 15.7. The second kappa shape index (κ2) is 8.96. The monoisotopic (exact) mass is 450 g/mol. The van der Waals surface area contributed by atoms with Gasteiger partial charge in [-0.3, -0.25) is 23.7 Å². The van der Waals surface area contributed by atoms with Crippen molar-refractivity contribution in [1.29, 1.82) is 0 Å². The van der Waals surface area contributed by atoms with Crippen molar-refractivity contribution in [3.63, 3.8) is 0 Å². The predicted molar refractivity (Wildman–Crippen MR) is 124 cm³/mol. The molecule has 1 aromatic carbocycles. The van der Waals surface area contributed by atoms with Crippen LogP contribution in [0.5, 0.6) is 0 Å². The molecule has 174 valence electrons. The van der Waals surface area contributed by atoms with Crippen LogP contribution in [0.1, 0.15) is 66.3 Å². The number of carbonyl (C=O) groups excluding carboxylic acids is 3. The average Bonchev–Trinajstić information content (AvgIpc) is 2.78. The van der Waals surface area contributed by atoms with Gasteiger partial charge in [-0.2, -0.15) is 0 Å². The molecule has 0 radical (unpaired) electrons. The number of ketones is 1. The third-order valence-electron chi connectivity index (χ3n) is 6.49. The van der Waals surface area contributed by atoms with Gasteiger partial charge in [0.2, 0.25) is 0 Å². The van der Waals surface area contributed by atoms with E-state index in [0.717, 1.165) is 0 Å². The number of esters is 1. The molecule has 2 heterocycles. The van der Waals surface area contributed by atoms with E-state index in [0.29, 0.717) is 49.0 Å². The molecule has 1 aromatic heterocycles. The molecule has 2 aliphatic rings. The predicted octanol–water partition coefficient (Wildman–Crippen LogP) is 3.41. The summed E-state index contributed by atoms with van der Waals surface area (Å²) in [4.78, 5) is 54.4. The van der Waals surface area contributed by atoms with E-state index in [1.54, 1.807) is 30.2 Å². The highest BCUT2D eigenvalue weighted by molar-refractivity contribution is 6.04. The zero-order valence-corrected chi connectivity index (χ0v) is 19.4. The van der Waals surface area contributed by atoms with Crippen LogP contribution in [0, 0.1) is 11.3 Å². The Morgan fingerprint density at radius 1 is 1.12 bits per heavy atom. The van der Waals surface area contributed by atoms with E-state index in [9.17, 15) is 19.2 Å². The minimum absolute atomic E-state index is 0.0435. The molecule has 1 fully saturated rings. The Balaban J connectivity index is 1.82. The molecule has 1 atom stereocenters. The van der Waals surface area contributed by atoms with Gasteiger partial charge in [0.25, 0.3) is 11.5 Å². The summed E-state index contributed by atoms with van der Waals surface area (Å²) in [6.45, 7) is 6.66. The number of ether oxygens (including phenoxy) is 1. The number of para-hydroxylation sites is 1. The Labute approximate surface area is 193 Å². The van der Waals surface area contributed by atoms with Crippen LogP contribution in [0.3, 0.4) is 0 Å². The number of hydrogen-bond acceptors (Lipinski definition) is 5. The van der Waals surface area contributed by atoms with Crippen molar-refractivity contribution in [3.05, 3.63) is 63.6 Å². The number of amides is 1. The number of piperidine rings is 1. The van der Waals surface area contributed by atoms with Crippen LogP contribution in [-0.2, 0) is 16.0 Å². The summed E-state index contributed by atoms with van der Waals surface area (Å²) in [5.74, 6) is -1.20. The van der Waals surface area contributed by atoms with Gasteiger partial charge in [0.1, 0.15) is 5.56 Å². The molecule has 7 nitrogen and oxygen atoms in total. The first-order valence-electron chi connectivity index (χ1n) is 11.5. The summed E-state index contributed by atoms with van der Waals surface area (Å²) in [6.07, 6.45) is 3.71. The molecule has 0 bridgehead atoms. The zero-order chi connectivity index (χ0) is 23.8. The van der Waals surface area contributed by atoms with Crippen LogP contribution in [-0.4, -0.2) is 46.8 Å². The molecule has 4 rings (SSSR count). The van der Waals surface area contributed by atoms with Gasteiger partial charge in [0.05, 0.1) is 12.5 Å². The Morgan fingerprint density at radius 2 is 1.85 bits per heavy atom. The Kier molecular flexibility index (Phi) is 6.23. The molecule has 1 aliphatic heterocycles. The molecule has 1 amide bonds. The lowest BCUT2D eigenvalue weighted by atomic mass is 9.73. The van der Waals surface area contributed by atoms with Gasteiger partial charge in [0.15, 0.2) is 5.78 Å². The molecule has 7 heteroatoms. The van der Waals surface area contributed by atoms with Gasteiger partial charge in [-0.05, 0) is 49.3 Å². The van der Waals surface area contributed by atoms with Crippen molar-refractivity contribution >= 4 is 17.7 Å². The summed E-state index contributed by atoms with van der Waals surface area (Å²) in [5, 5.41) is 0. The number of fused-ring (bicyclic) bond motifs is 1. The lowest BCUT2D eigenvalue weighted by Gasteiger charge is -2.34. The van der Waals surface area contributed by atoms with Gasteiger partial charge in [-0.25, -0.2) is 0 Å². The Morgan fingerprint density at radius 3 is 2.55 bits per heavy atom. The van der Waals surface area contributed by atoms with Crippen LogP contribution < -0.4 is 5.56 Å². The van der Waals surface area contributed by atoms with Crippen molar-refractivity contribution in [2.45, 2.75) is 46.5 Å². The quantitative estimate of drug-likeness (QED) is 0.667. The van der Waals surface area contributed by atoms with E-state index in [4.69, 9.17) is 4.74 Å². The maximum Gasteiger partial charge on any atom is 0.310 e. The number of Topliss-reactive ketones (excluding diaryl/α,β-unsaturated/α-hetero) is 1. The zero-order valence-electron chi connectivity index (χ0n) is 19.4. The van der Waals surface area contributed by atoms with Gasteiger partial charge >= 0.3 is 5.97 Å². The molecule has 2 aromatic rings. The standard InChI is InChI=1S/C26H30N2O5/c1-4-33-25(32)17-9-8-12-27(15-17)23(30)22-19-13-26(2,3)14-21(29)20(19)16-28(24(22)31)18-10-6-5-7-11-18/h5-7,10-11,16-17H,4,8-9,12-15H2,1-3H3. The number of hydrogen-bond donors (Lipinski definition) is 0. The number of benzene rings is 1. The molecule has 33 heavy (non-hydrogen) atoms. The molecule has 1 unspecified atom stereocenters. The number of aromatic nitrogens is 1. The number of pyridine rings is 1. The highest BCUT2D eigenvalue weighted by Gasteiger charge is 2.38. The van der Waals surface area contributed by atoms with Crippen molar-refractivity contribution in [3.8, 4) is 5.69 Å². The fourth-order valence-electron chi connectivity index (χ4n) is 4.92. The summed E-state index contributed by atoms with van der Waals surface area (Å²) in [7, 11) is 0. The maximum absolute atomic E-state index is 13.8. The van der Waals surface area contributed by atoms with Crippen molar-refractivity contribution in [2.75, 3.05) is 19.7 Å². The van der Waals surface area contributed by atoms with Crippen molar-refractivity contribution in [1.82, 2.24) is 9.47 Å². The van der Waals surface area contributed by atoms with Gasteiger partial charge in [0, 0.05) is 37.0 Å². The summed E-state index contributed by atoms with van der Waals surface area (Å²) in [5.41, 5.74) is 0.812. The normalized spacial score (nSPS) is 19.7. The summed E-state index contributed by atoms with van der Waals surface area (Å²) >= 11 is 0. The highest BCUT2D eigenvalue weighted by Crippen LogP contribution is 2.36. The molecule has 0 spiro atoms. The van der Waals surface area contributed by atoms with Gasteiger partial charge in [-0.1, -0.05) is 32.0 Å². The molecular formula is C26H30N2O5. The average molecular weight is 451 g/mol. The minimum atomic E-state index is -0.436. The first-order valence-corrected chi connectivity index (χ1v) is 11.5. The van der Waals surface area contributed by atoms with Crippen LogP contribution in [0.15, 0.2) is 41.3 Å². The topological polar surface area (TPSA) is 85.7 Å². The van der Waals surface area contributed by atoms with Crippen molar-refractivity contribution in [2.24, 2.45) is 11.3 Å². The first kappa shape index (κ1) is 23.0. The number of likely N-dealkylation sites (tertiary alicyclic amines) is 1. The van der Waals surface area contributed by atoms with Crippen LogP contribution in [0.4, 0.5) is 0 Å². The maximum atomic E-state index is 13.8. The van der Waals surface area contributed by atoms with E-state index < -0.39 is 17.4 Å². The lowest BCUT2D eigenvalue weighted by Crippen LogP contribution is -2.46. The second-order valence-electron chi connectivity index (χ2n) is 9.69. The second-order valence-corrected chi connectivity index (χ2v) is 9.69. The van der Waals surface area contributed by atoms with Crippen LogP contribution >= 0.6 is 0 Å². The number of rotatable bonds is 4. The molecular weight excluding hydrogens is 420 g/mol. The third kappa shape index (κ3) is 4.49. The Bertz CT molecular complexity index is 1150. The fourth-order valence-corrected chi connectivity index (χ4v) is 4.92. The van der Waals surface area contributed by atoms with E-state index >= 15 is 0 Å². The van der Waals surface area contributed by atoms with Crippen molar-refractivity contribution < 1.29 is 19.1 Å². The molecule has 0 N–H and O–H groups in total. The van der Waals surface area contributed by atoms with E-state index in [1.165, 1.54) is 4.57 Å². The highest BCUT2D eigenvalue weighted by atomic mass is 16.5. The molecule has 0 saturated carbocycles. The lowest BCUT2D eigenvalue weighted by molar-refractivity contribution is -0.149.